The zero-order chi connectivity index (χ0) is 22.8. The Morgan fingerprint density at radius 2 is 1.81 bits per heavy atom. The molecule has 1 aliphatic rings. The number of unbranched alkanes of at least 4 members (excludes halogenated alkanes) is 1. The number of carbonyl (C=O) groups is 3. The van der Waals surface area contributed by atoms with Gasteiger partial charge in [0.05, 0.1) is 19.8 Å². The largest absolute Gasteiger partial charge is 0.461 e. The first-order valence-electron chi connectivity index (χ1n) is 10.2. The number of benzene rings is 1. The molecule has 0 saturated carbocycles. The van der Waals surface area contributed by atoms with Crippen molar-refractivity contribution in [3.8, 4) is 0 Å². The van der Waals surface area contributed by atoms with Crippen molar-refractivity contribution in [1.82, 2.24) is 9.96 Å². The lowest BCUT2D eigenvalue weighted by Crippen LogP contribution is -2.41. The Hall–Kier alpha value is -2.75. The highest BCUT2D eigenvalue weighted by Gasteiger charge is 2.44. The van der Waals surface area contributed by atoms with Gasteiger partial charge < -0.3 is 14.2 Å². The summed E-state index contributed by atoms with van der Waals surface area (Å²) in [6, 6.07) is 8.34. The van der Waals surface area contributed by atoms with E-state index in [-0.39, 0.29) is 25.0 Å². The SMILES string of the molecule is CCCCC(COC(=O)C(CN1C(=O)N(OC)C(=O)C1=Cc1ccccc1)OC)OC. The molecule has 1 saturated heterocycles. The van der Waals surface area contributed by atoms with Crippen LogP contribution >= 0.6 is 0 Å². The smallest absolute Gasteiger partial charge is 0.356 e. The van der Waals surface area contributed by atoms with Crippen molar-refractivity contribution in [1.29, 1.82) is 0 Å². The molecular weight excluding hydrogens is 404 g/mol. The Morgan fingerprint density at radius 1 is 1.10 bits per heavy atom. The van der Waals surface area contributed by atoms with Gasteiger partial charge in [-0.05, 0) is 18.1 Å². The summed E-state index contributed by atoms with van der Waals surface area (Å²) >= 11 is 0. The van der Waals surface area contributed by atoms with E-state index in [1.54, 1.807) is 25.3 Å². The van der Waals surface area contributed by atoms with Gasteiger partial charge in [-0.2, -0.15) is 0 Å². The van der Waals surface area contributed by atoms with E-state index in [1.165, 1.54) is 14.2 Å². The molecule has 0 aliphatic carbocycles. The van der Waals surface area contributed by atoms with Gasteiger partial charge >= 0.3 is 17.9 Å². The van der Waals surface area contributed by atoms with Crippen molar-refractivity contribution in [2.24, 2.45) is 0 Å². The van der Waals surface area contributed by atoms with Gasteiger partial charge in [0.2, 0.25) is 0 Å². The van der Waals surface area contributed by atoms with Crippen LogP contribution < -0.4 is 0 Å². The normalized spacial score (nSPS) is 17.4. The topological polar surface area (TPSA) is 94.6 Å². The van der Waals surface area contributed by atoms with Gasteiger partial charge in [0.1, 0.15) is 12.3 Å². The molecule has 0 N–H and O–H groups in total. The molecule has 2 atom stereocenters. The fraction of sp³-hybridized carbons (Fsp3) is 0.500. The molecule has 1 aromatic rings. The summed E-state index contributed by atoms with van der Waals surface area (Å²) in [4.78, 5) is 44.0. The maximum atomic E-state index is 12.7. The molecule has 1 aliphatic heterocycles. The Morgan fingerprint density at radius 3 is 2.39 bits per heavy atom. The fourth-order valence-electron chi connectivity index (χ4n) is 3.08. The maximum Gasteiger partial charge on any atom is 0.356 e. The van der Waals surface area contributed by atoms with Crippen LogP contribution in [0.4, 0.5) is 4.79 Å². The molecule has 9 nitrogen and oxygen atoms in total. The number of rotatable bonds is 12. The number of methoxy groups -OCH3 is 2. The number of urea groups is 1. The number of ether oxygens (including phenoxy) is 3. The quantitative estimate of drug-likeness (QED) is 0.284. The third kappa shape index (κ3) is 6.36. The lowest BCUT2D eigenvalue weighted by atomic mass is 10.1. The predicted molar refractivity (Wildman–Crippen MR) is 112 cm³/mol. The van der Waals surface area contributed by atoms with Crippen molar-refractivity contribution in [3.63, 3.8) is 0 Å². The zero-order valence-electron chi connectivity index (χ0n) is 18.4. The van der Waals surface area contributed by atoms with Crippen molar-refractivity contribution in [2.45, 2.75) is 38.4 Å². The van der Waals surface area contributed by atoms with Gasteiger partial charge in [0.15, 0.2) is 6.10 Å². The maximum absolute atomic E-state index is 12.7. The van der Waals surface area contributed by atoms with Crippen LogP contribution in [0.3, 0.4) is 0 Å². The summed E-state index contributed by atoms with van der Waals surface area (Å²) in [6.45, 7) is 1.95. The van der Waals surface area contributed by atoms with E-state index in [0.29, 0.717) is 5.06 Å². The van der Waals surface area contributed by atoms with E-state index in [0.717, 1.165) is 29.7 Å². The molecule has 1 heterocycles. The minimum Gasteiger partial charge on any atom is -0.461 e. The first-order valence-corrected chi connectivity index (χ1v) is 10.2. The molecule has 0 radical (unpaired) electrons. The van der Waals surface area contributed by atoms with Gasteiger partial charge in [-0.3, -0.25) is 14.5 Å². The number of esters is 1. The molecule has 1 aromatic carbocycles. The fourth-order valence-corrected chi connectivity index (χ4v) is 3.08. The van der Waals surface area contributed by atoms with Crippen LogP contribution in [0.2, 0.25) is 0 Å². The standard InChI is InChI=1S/C22H30N2O7/c1-5-6-12-17(28-2)15-31-21(26)19(29-3)14-23-18(13-16-10-8-7-9-11-16)20(25)24(30-4)22(23)27/h7-11,13,17,19H,5-6,12,14-15H2,1-4H3. The van der Waals surface area contributed by atoms with Gasteiger partial charge in [0, 0.05) is 14.2 Å². The Labute approximate surface area is 182 Å². The Kier molecular flexibility index (Phi) is 9.64. The molecule has 2 rings (SSSR count). The van der Waals surface area contributed by atoms with Crippen LogP contribution in [-0.4, -0.2) is 74.6 Å². The first kappa shape index (κ1) is 24.5. The van der Waals surface area contributed by atoms with Crippen LogP contribution in [0.5, 0.6) is 0 Å². The molecular formula is C22H30N2O7. The van der Waals surface area contributed by atoms with E-state index in [2.05, 4.69) is 6.92 Å². The van der Waals surface area contributed by atoms with Crippen molar-refractivity contribution in [2.75, 3.05) is 34.5 Å². The first-order chi connectivity index (χ1) is 15.0. The van der Waals surface area contributed by atoms with Gasteiger partial charge in [-0.25, -0.2) is 9.59 Å². The number of hydrogen-bond acceptors (Lipinski definition) is 7. The molecule has 0 bridgehead atoms. The van der Waals surface area contributed by atoms with E-state index >= 15 is 0 Å². The van der Waals surface area contributed by atoms with Gasteiger partial charge in [-0.1, -0.05) is 50.1 Å². The number of hydrogen-bond donors (Lipinski definition) is 0. The minimum atomic E-state index is -1.09. The van der Waals surface area contributed by atoms with Crippen molar-refractivity contribution < 1.29 is 33.4 Å². The summed E-state index contributed by atoms with van der Waals surface area (Å²) in [5, 5.41) is 0.637. The van der Waals surface area contributed by atoms with Crippen LogP contribution in [0.15, 0.2) is 36.0 Å². The highest BCUT2D eigenvalue weighted by Crippen LogP contribution is 2.24. The molecule has 3 amide bonds. The minimum absolute atomic E-state index is 0.0746. The summed E-state index contributed by atoms with van der Waals surface area (Å²) in [5.74, 6) is -1.27. The second-order valence-electron chi connectivity index (χ2n) is 6.97. The molecule has 2 unspecified atom stereocenters. The summed E-state index contributed by atoms with van der Waals surface area (Å²) < 4.78 is 15.9. The average Bonchev–Trinajstić information content (AvgIpc) is 3.01. The van der Waals surface area contributed by atoms with Gasteiger partial charge in [-0.15, -0.1) is 5.06 Å². The Balaban J connectivity index is 2.15. The zero-order valence-corrected chi connectivity index (χ0v) is 18.4. The summed E-state index contributed by atoms with van der Waals surface area (Å²) in [6.07, 6.45) is 2.98. The third-order valence-corrected chi connectivity index (χ3v) is 4.90. The van der Waals surface area contributed by atoms with E-state index in [1.807, 2.05) is 18.2 Å². The number of nitrogens with zero attached hydrogens (tertiary/aromatic N) is 2. The van der Waals surface area contributed by atoms with Crippen LogP contribution in [0.1, 0.15) is 31.7 Å². The predicted octanol–water partition coefficient (Wildman–Crippen LogP) is 2.62. The van der Waals surface area contributed by atoms with E-state index < -0.39 is 24.0 Å². The summed E-state index contributed by atoms with van der Waals surface area (Å²) in [7, 11) is 4.13. The molecule has 0 aromatic heterocycles. The van der Waals surface area contributed by atoms with Crippen LogP contribution in [-0.2, 0) is 28.6 Å². The number of imide groups is 1. The Bertz CT molecular complexity index is 781. The lowest BCUT2D eigenvalue weighted by molar-refractivity contribution is -0.159. The van der Waals surface area contributed by atoms with Crippen molar-refractivity contribution >= 4 is 24.0 Å². The number of hydroxylamine groups is 2. The molecule has 1 fully saturated rings. The lowest BCUT2D eigenvalue weighted by Gasteiger charge is -2.22. The van der Waals surface area contributed by atoms with Gasteiger partial charge in [0.25, 0.3) is 0 Å². The summed E-state index contributed by atoms with van der Waals surface area (Å²) in [5.41, 5.74) is 0.794. The molecule has 31 heavy (non-hydrogen) atoms. The highest BCUT2D eigenvalue weighted by molar-refractivity contribution is 6.13. The van der Waals surface area contributed by atoms with Crippen LogP contribution in [0, 0.1) is 0 Å². The molecule has 170 valence electrons. The highest BCUT2D eigenvalue weighted by atomic mass is 16.7. The number of carbonyl (C=O) groups excluding carboxylic acids is 3. The average molecular weight is 434 g/mol. The third-order valence-electron chi connectivity index (χ3n) is 4.90. The van der Waals surface area contributed by atoms with E-state index in [4.69, 9.17) is 19.0 Å². The monoisotopic (exact) mass is 434 g/mol. The van der Waals surface area contributed by atoms with Crippen molar-refractivity contribution in [3.05, 3.63) is 41.6 Å². The number of amides is 3. The second kappa shape index (κ2) is 12.2. The molecule has 9 heteroatoms. The second-order valence-corrected chi connectivity index (χ2v) is 6.97. The van der Waals surface area contributed by atoms with E-state index in [9.17, 15) is 14.4 Å². The molecule has 0 spiro atoms. The van der Waals surface area contributed by atoms with Crippen LogP contribution in [0.25, 0.3) is 6.08 Å².